The zero-order valence-corrected chi connectivity index (χ0v) is 8.72. The second-order valence-electron chi connectivity index (χ2n) is 3.61. The lowest BCUT2D eigenvalue weighted by Crippen LogP contribution is -2.47. The lowest BCUT2D eigenvalue weighted by Gasteiger charge is -2.27. The Balaban J connectivity index is 2.26. The highest BCUT2D eigenvalue weighted by molar-refractivity contribution is 5.93. The van der Waals surface area contributed by atoms with Gasteiger partial charge in [-0.15, -0.1) is 0 Å². The Hall–Kier alpha value is -1.82. The van der Waals surface area contributed by atoms with Gasteiger partial charge in [0.1, 0.15) is 5.56 Å². The third kappa shape index (κ3) is 1.92. The van der Waals surface area contributed by atoms with Crippen LogP contribution in [0.4, 0.5) is 0 Å². The summed E-state index contributed by atoms with van der Waals surface area (Å²) >= 11 is 0. The van der Waals surface area contributed by atoms with E-state index in [1.165, 1.54) is 18.3 Å². The predicted molar refractivity (Wildman–Crippen MR) is 56.7 cm³/mol. The standard InChI is InChI=1S/C10H13N3O3/c14-9(12-6-3-11-4-7-12)8-2-1-5-13(16)10(8)15/h1-2,5,11,16H,3-4,6-7H2. The van der Waals surface area contributed by atoms with Crippen molar-refractivity contribution in [2.75, 3.05) is 26.2 Å². The van der Waals surface area contributed by atoms with E-state index >= 15 is 0 Å². The van der Waals surface area contributed by atoms with Crippen molar-refractivity contribution in [3.05, 3.63) is 34.2 Å². The molecule has 0 saturated carbocycles. The molecule has 0 atom stereocenters. The Bertz CT molecular complexity index is 449. The molecule has 0 aliphatic carbocycles. The molecule has 1 fully saturated rings. The highest BCUT2D eigenvalue weighted by Crippen LogP contribution is 2.01. The number of piperazine rings is 1. The van der Waals surface area contributed by atoms with E-state index in [-0.39, 0.29) is 11.5 Å². The predicted octanol–water partition coefficient (Wildman–Crippen LogP) is -0.869. The molecule has 6 nitrogen and oxygen atoms in total. The van der Waals surface area contributed by atoms with Crippen LogP contribution in [0.1, 0.15) is 10.4 Å². The minimum absolute atomic E-state index is 0.00639. The SMILES string of the molecule is O=C(c1cccn(O)c1=O)N1CCNCC1. The van der Waals surface area contributed by atoms with E-state index in [1.54, 1.807) is 4.90 Å². The monoisotopic (exact) mass is 223 g/mol. The quantitative estimate of drug-likeness (QED) is 0.607. The summed E-state index contributed by atoms with van der Waals surface area (Å²) in [5, 5.41) is 12.3. The summed E-state index contributed by atoms with van der Waals surface area (Å²) in [6, 6.07) is 2.90. The van der Waals surface area contributed by atoms with Gasteiger partial charge in [-0.2, -0.15) is 4.73 Å². The van der Waals surface area contributed by atoms with Crippen LogP contribution in [0.3, 0.4) is 0 Å². The number of pyridine rings is 1. The molecule has 1 aliphatic rings. The smallest absolute Gasteiger partial charge is 0.295 e. The first-order chi connectivity index (χ1) is 7.70. The molecule has 0 bridgehead atoms. The van der Waals surface area contributed by atoms with Crippen molar-refractivity contribution >= 4 is 5.91 Å². The second-order valence-corrected chi connectivity index (χ2v) is 3.61. The highest BCUT2D eigenvalue weighted by Gasteiger charge is 2.20. The summed E-state index contributed by atoms with van der Waals surface area (Å²) in [7, 11) is 0. The molecule has 0 spiro atoms. The first kappa shape index (κ1) is 10.7. The molecule has 1 aromatic rings. The molecule has 1 aromatic heterocycles. The number of carbonyl (C=O) groups is 1. The minimum atomic E-state index is -0.675. The number of nitrogens with one attached hydrogen (secondary N) is 1. The van der Waals surface area contributed by atoms with E-state index in [1.807, 2.05) is 0 Å². The molecule has 2 N–H and O–H groups in total. The van der Waals surface area contributed by atoms with Crippen molar-refractivity contribution in [1.82, 2.24) is 14.9 Å². The maximum Gasteiger partial charge on any atom is 0.295 e. The Kier molecular flexibility index (Phi) is 2.91. The molecule has 0 aromatic carbocycles. The van der Waals surface area contributed by atoms with Gasteiger partial charge in [0.05, 0.1) is 0 Å². The third-order valence-electron chi connectivity index (χ3n) is 2.56. The van der Waals surface area contributed by atoms with Crippen LogP contribution >= 0.6 is 0 Å². The molecule has 1 amide bonds. The Morgan fingerprint density at radius 3 is 2.75 bits per heavy atom. The van der Waals surface area contributed by atoms with Crippen LogP contribution in [0.15, 0.2) is 23.1 Å². The van der Waals surface area contributed by atoms with Crippen molar-refractivity contribution < 1.29 is 10.0 Å². The van der Waals surface area contributed by atoms with Crippen molar-refractivity contribution in [2.24, 2.45) is 0 Å². The Labute approximate surface area is 92.1 Å². The molecule has 16 heavy (non-hydrogen) atoms. The number of hydrogen-bond donors (Lipinski definition) is 2. The largest absolute Gasteiger partial charge is 0.425 e. The summed E-state index contributed by atoms with van der Waals surface area (Å²) < 4.78 is 0.426. The van der Waals surface area contributed by atoms with Crippen LogP contribution in [0.5, 0.6) is 0 Å². The van der Waals surface area contributed by atoms with E-state index in [2.05, 4.69) is 5.32 Å². The fraction of sp³-hybridized carbons (Fsp3) is 0.400. The number of nitrogens with zero attached hydrogens (tertiary/aromatic N) is 2. The van der Waals surface area contributed by atoms with Gasteiger partial charge in [0, 0.05) is 32.4 Å². The summed E-state index contributed by atoms with van der Waals surface area (Å²) in [4.78, 5) is 25.1. The van der Waals surface area contributed by atoms with Gasteiger partial charge in [0.2, 0.25) is 0 Å². The summed E-state index contributed by atoms with van der Waals surface area (Å²) in [5.41, 5.74) is -0.669. The fourth-order valence-corrected chi connectivity index (χ4v) is 1.68. The van der Waals surface area contributed by atoms with E-state index in [4.69, 9.17) is 5.21 Å². The molecule has 2 heterocycles. The van der Waals surface area contributed by atoms with Crippen molar-refractivity contribution in [1.29, 1.82) is 0 Å². The van der Waals surface area contributed by atoms with Crippen molar-refractivity contribution in [3.8, 4) is 0 Å². The first-order valence-corrected chi connectivity index (χ1v) is 5.11. The van der Waals surface area contributed by atoms with Crippen LogP contribution in [-0.2, 0) is 0 Å². The average Bonchev–Trinajstić information content (AvgIpc) is 2.33. The highest BCUT2D eigenvalue weighted by atomic mass is 16.5. The van der Waals surface area contributed by atoms with Crippen LogP contribution in [0.25, 0.3) is 0 Å². The van der Waals surface area contributed by atoms with E-state index < -0.39 is 5.56 Å². The van der Waals surface area contributed by atoms with Crippen LogP contribution < -0.4 is 10.9 Å². The lowest BCUT2D eigenvalue weighted by molar-refractivity contribution is 0.0727. The fourth-order valence-electron chi connectivity index (χ4n) is 1.68. The van der Waals surface area contributed by atoms with Gasteiger partial charge in [-0.3, -0.25) is 9.59 Å². The van der Waals surface area contributed by atoms with Gasteiger partial charge in [-0.25, -0.2) is 0 Å². The molecular formula is C10H13N3O3. The molecule has 2 rings (SSSR count). The van der Waals surface area contributed by atoms with Crippen LogP contribution in [-0.4, -0.2) is 46.9 Å². The summed E-state index contributed by atoms with van der Waals surface area (Å²) in [6.07, 6.45) is 1.21. The van der Waals surface area contributed by atoms with E-state index in [0.717, 1.165) is 13.1 Å². The van der Waals surface area contributed by atoms with Gasteiger partial charge in [0.15, 0.2) is 0 Å². The number of rotatable bonds is 1. The summed E-state index contributed by atoms with van der Waals surface area (Å²) in [6.45, 7) is 2.62. The van der Waals surface area contributed by atoms with Crippen LogP contribution in [0, 0.1) is 0 Å². The average molecular weight is 223 g/mol. The second kappa shape index (κ2) is 4.36. The van der Waals surface area contributed by atoms with Crippen LogP contribution in [0.2, 0.25) is 0 Å². The zero-order valence-electron chi connectivity index (χ0n) is 8.72. The number of hydrogen-bond acceptors (Lipinski definition) is 4. The zero-order chi connectivity index (χ0) is 11.5. The molecule has 0 unspecified atom stereocenters. The van der Waals surface area contributed by atoms with E-state index in [9.17, 15) is 9.59 Å². The van der Waals surface area contributed by atoms with Gasteiger partial charge in [0.25, 0.3) is 11.5 Å². The number of amides is 1. The summed E-state index contributed by atoms with van der Waals surface area (Å²) in [5.74, 6) is -0.324. The third-order valence-corrected chi connectivity index (χ3v) is 2.56. The minimum Gasteiger partial charge on any atom is -0.425 e. The molecule has 1 aliphatic heterocycles. The molecule has 86 valence electrons. The molecular weight excluding hydrogens is 210 g/mol. The van der Waals surface area contributed by atoms with Gasteiger partial charge < -0.3 is 15.4 Å². The topological polar surface area (TPSA) is 74.6 Å². The van der Waals surface area contributed by atoms with Crippen molar-refractivity contribution in [2.45, 2.75) is 0 Å². The van der Waals surface area contributed by atoms with Crippen molar-refractivity contribution in [3.63, 3.8) is 0 Å². The number of carbonyl (C=O) groups excluding carboxylic acids is 1. The lowest BCUT2D eigenvalue weighted by atomic mass is 10.2. The maximum atomic E-state index is 11.9. The van der Waals surface area contributed by atoms with Gasteiger partial charge in [-0.05, 0) is 12.1 Å². The van der Waals surface area contributed by atoms with E-state index in [0.29, 0.717) is 17.8 Å². The molecule has 6 heteroatoms. The molecule has 1 saturated heterocycles. The normalized spacial score (nSPS) is 16.1. The first-order valence-electron chi connectivity index (χ1n) is 5.11. The maximum absolute atomic E-state index is 11.9. The number of aromatic nitrogens is 1. The van der Waals surface area contributed by atoms with Gasteiger partial charge in [-0.1, -0.05) is 0 Å². The molecule has 0 radical (unpaired) electrons. The van der Waals surface area contributed by atoms with Gasteiger partial charge >= 0.3 is 0 Å². The Morgan fingerprint density at radius 1 is 1.38 bits per heavy atom. The Morgan fingerprint density at radius 2 is 2.06 bits per heavy atom.